The van der Waals surface area contributed by atoms with Gasteiger partial charge in [-0.1, -0.05) is 146 Å². The van der Waals surface area contributed by atoms with Crippen molar-refractivity contribution in [2.24, 2.45) is 0 Å². The maximum Gasteiger partial charge on any atom is 0.161 e. The van der Waals surface area contributed by atoms with Crippen molar-refractivity contribution in [2.45, 2.75) is 0 Å². The summed E-state index contributed by atoms with van der Waals surface area (Å²) in [5, 5.41) is 3.63. The van der Waals surface area contributed by atoms with Gasteiger partial charge in [-0.05, 0) is 93.0 Å². The van der Waals surface area contributed by atoms with Gasteiger partial charge in [0, 0.05) is 41.4 Å². The predicted octanol–water partition coefficient (Wildman–Crippen LogP) is 15.2. The van der Waals surface area contributed by atoms with E-state index in [1.54, 1.807) is 11.3 Å². The lowest BCUT2D eigenvalue weighted by Crippen LogP contribution is -1.94. The second kappa shape index (κ2) is 13.5. The number of hydrogen-bond donors (Lipinski definition) is 0. The van der Waals surface area contributed by atoms with Crippen LogP contribution in [0.1, 0.15) is 0 Å². The number of nitrogens with zero attached hydrogens (tertiary/aromatic N) is 2. The van der Waals surface area contributed by atoms with Crippen LogP contribution >= 0.6 is 22.7 Å². The quantitative estimate of drug-likeness (QED) is 0.169. The normalized spacial score (nSPS) is 11.6. The second-order valence-electron chi connectivity index (χ2n) is 14.1. The van der Waals surface area contributed by atoms with E-state index >= 15 is 0 Å². The highest BCUT2D eigenvalue weighted by Gasteiger charge is 2.20. The highest BCUT2D eigenvalue weighted by Crippen LogP contribution is 2.44. The molecule has 3 aromatic heterocycles. The van der Waals surface area contributed by atoms with Crippen molar-refractivity contribution in [3.05, 3.63) is 194 Å². The molecule has 0 atom stereocenters. The van der Waals surface area contributed by atoms with E-state index in [-0.39, 0.29) is 0 Å². The molecule has 0 radical (unpaired) electrons. The first-order chi connectivity index (χ1) is 27.7. The molecule has 0 unspecified atom stereocenters. The third kappa shape index (κ3) is 5.70. The molecule has 262 valence electrons. The minimum Gasteiger partial charge on any atom is -0.226 e. The fourth-order valence-corrected chi connectivity index (χ4v) is 10.3. The lowest BCUT2D eigenvalue weighted by molar-refractivity contribution is 1.25. The molecule has 0 amide bonds. The van der Waals surface area contributed by atoms with Crippen LogP contribution in [0.2, 0.25) is 0 Å². The van der Waals surface area contributed by atoms with Crippen molar-refractivity contribution in [2.75, 3.05) is 0 Å². The van der Waals surface area contributed by atoms with Crippen molar-refractivity contribution < 1.29 is 0 Å². The molecule has 11 aromatic rings. The first-order valence-corrected chi connectivity index (χ1v) is 20.4. The van der Waals surface area contributed by atoms with E-state index in [4.69, 9.17) is 9.97 Å². The molecule has 3 heterocycles. The van der Waals surface area contributed by atoms with Crippen molar-refractivity contribution in [3.63, 3.8) is 0 Å². The van der Waals surface area contributed by atoms with E-state index in [1.807, 2.05) is 11.3 Å². The summed E-state index contributed by atoms with van der Waals surface area (Å²) in [4.78, 5) is 10.8. The Morgan fingerprint density at radius 1 is 0.321 bits per heavy atom. The van der Waals surface area contributed by atoms with Crippen LogP contribution in [0, 0.1) is 0 Å². The molecule has 0 saturated carbocycles. The molecule has 0 bridgehead atoms. The summed E-state index contributed by atoms with van der Waals surface area (Å²) < 4.78 is 4.84. The zero-order valence-electron chi connectivity index (χ0n) is 30.2. The summed E-state index contributed by atoms with van der Waals surface area (Å²) >= 11 is 3.60. The summed E-state index contributed by atoms with van der Waals surface area (Å²) in [5.41, 5.74) is 13.6. The van der Waals surface area contributed by atoms with Crippen molar-refractivity contribution in [1.29, 1.82) is 0 Å². The van der Waals surface area contributed by atoms with E-state index in [1.165, 1.54) is 58.3 Å². The van der Waals surface area contributed by atoms with Gasteiger partial charge in [-0.25, -0.2) is 9.97 Å². The summed E-state index contributed by atoms with van der Waals surface area (Å²) in [7, 11) is 0. The zero-order valence-corrected chi connectivity index (χ0v) is 31.8. The fourth-order valence-electron chi connectivity index (χ4n) is 7.98. The molecule has 0 aliphatic heterocycles. The Bertz CT molecular complexity index is 3190. The van der Waals surface area contributed by atoms with E-state index < -0.39 is 0 Å². The van der Waals surface area contributed by atoms with E-state index in [0.717, 1.165) is 49.4 Å². The average Bonchev–Trinajstić information content (AvgIpc) is 3.85. The van der Waals surface area contributed by atoms with E-state index in [9.17, 15) is 0 Å². The molecule has 2 nitrogen and oxygen atoms in total. The molecule has 0 N–H and O–H groups in total. The maximum atomic E-state index is 5.45. The second-order valence-corrected chi connectivity index (χ2v) is 16.3. The van der Waals surface area contributed by atoms with Gasteiger partial charge >= 0.3 is 0 Å². The lowest BCUT2D eigenvalue weighted by atomic mass is 9.92. The van der Waals surface area contributed by atoms with Gasteiger partial charge in [-0.15, -0.1) is 22.7 Å². The summed E-state index contributed by atoms with van der Waals surface area (Å²) in [5.74, 6) is 0.755. The maximum absolute atomic E-state index is 5.45. The SMILES string of the molecule is c1ccc(-c2cc(-c3ccccc3)cc(-c3cccc(-c4cccc(-c5nc(-c6cccc7sc8ccccc8c67)nc6c5sc5ccccc56)c4)c3)c2)cc1. The van der Waals surface area contributed by atoms with Crippen LogP contribution in [0.25, 0.3) is 108 Å². The standard InChI is InChI=1S/C52H32N2S2/c1-3-14-33(15-4-1)39-30-40(34-16-5-2-6-17-34)32-41(31-39)37-20-11-18-35(28-37)36-19-12-21-38(29-36)49-51-50(43-23-8-10-26-46(43)56-51)54-52(53-49)44-24-13-27-47-48(44)42-22-7-9-25-45(42)55-47/h1-32H. The Labute approximate surface area is 332 Å². The third-order valence-electron chi connectivity index (χ3n) is 10.7. The van der Waals surface area contributed by atoms with Gasteiger partial charge in [0.05, 0.1) is 15.9 Å². The van der Waals surface area contributed by atoms with Gasteiger partial charge in [0.15, 0.2) is 5.82 Å². The molecule has 0 spiro atoms. The first kappa shape index (κ1) is 32.7. The number of fused-ring (bicyclic) bond motifs is 6. The smallest absolute Gasteiger partial charge is 0.161 e. The molecular formula is C52H32N2S2. The summed E-state index contributed by atoms with van der Waals surface area (Å²) in [6.07, 6.45) is 0. The van der Waals surface area contributed by atoms with Crippen molar-refractivity contribution in [1.82, 2.24) is 9.97 Å². The molecule has 56 heavy (non-hydrogen) atoms. The molecule has 0 aliphatic rings. The van der Waals surface area contributed by atoms with Crippen molar-refractivity contribution in [3.8, 4) is 67.2 Å². The molecule has 0 saturated heterocycles. The Morgan fingerprint density at radius 3 is 1.46 bits per heavy atom. The van der Waals surface area contributed by atoms with Gasteiger partial charge in [-0.3, -0.25) is 0 Å². The largest absolute Gasteiger partial charge is 0.226 e. The molecule has 0 fully saturated rings. The highest BCUT2D eigenvalue weighted by atomic mass is 32.1. The van der Waals surface area contributed by atoms with Crippen LogP contribution in [0.5, 0.6) is 0 Å². The minimum absolute atomic E-state index is 0.755. The van der Waals surface area contributed by atoms with Crippen LogP contribution in [0.4, 0.5) is 0 Å². The molecular weight excluding hydrogens is 717 g/mol. The molecule has 8 aromatic carbocycles. The average molecular weight is 749 g/mol. The van der Waals surface area contributed by atoms with Crippen LogP contribution in [-0.4, -0.2) is 9.97 Å². The Hall–Kier alpha value is -6.72. The number of thiophene rings is 2. The van der Waals surface area contributed by atoms with Crippen LogP contribution in [0.15, 0.2) is 194 Å². The number of hydrogen-bond acceptors (Lipinski definition) is 4. The van der Waals surface area contributed by atoms with Crippen LogP contribution in [-0.2, 0) is 0 Å². The van der Waals surface area contributed by atoms with E-state index in [0.29, 0.717) is 0 Å². The topological polar surface area (TPSA) is 25.8 Å². The highest BCUT2D eigenvalue weighted by molar-refractivity contribution is 7.26. The zero-order chi connectivity index (χ0) is 37.0. The predicted molar refractivity (Wildman–Crippen MR) is 240 cm³/mol. The van der Waals surface area contributed by atoms with Gasteiger partial charge in [0.25, 0.3) is 0 Å². The van der Waals surface area contributed by atoms with E-state index in [2.05, 4.69) is 194 Å². The molecule has 0 aliphatic carbocycles. The Morgan fingerprint density at radius 2 is 0.786 bits per heavy atom. The van der Waals surface area contributed by atoms with Gasteiger partial charge < -0.3 is 0 Å². The third-order valence-corrected chi connectivity index (χ3v) is 13.0. The minimum atomic E-state index is 0.755. The Kier molecular flexibility index (Phi) is 7.90. The fraction of sp³-hybridized carbons (Fsp3) is 0. The molecule has 4 heteroatoms. The Balaban J connectivity index is 1.06. The summed E-state index contributed by atoms with van der Waals surface area (Å²) in [6.45, 7) is 0. The number of rotatable bonds is 6. The monoisotopic (exact) mass is 748 g/mol. The summed E-state index contributed by atoms with van der Waals surface area (Å²) in [6, 6.07) is 69.8. The first-order valence-electron chi connectivity index (χ1n) is 18.8. The lowest BCUT2D eigenvalue weighted by Gasteiger charge is -2.13. The van der Waals surface area contributed by atoms with Gasteiger partial charge in [0.2, 0.25) is 0 Å². The van der Waals surface area contributed by atoms with Crippen LogP contribution in [0.3, 0.4) is 0 Å². The molecule has 11 rings (SSSR count). The van der Waals surface area contributed by atoms with Crippen molar-refractivity contribution >= 4 is 63.1 Å². The van der Waals surface area contributed by atoms with Gasteiger partial charge in [0.1, 0.15) is 0 Å². The number of aromatic nitrogens is 2. The van der Waals surface area contributed by atoms with Gasteiger partial charge in [-0.2, -0.15) is 0 Å². The number of benzene rings is 8. The van der Waals surface area contributed by atoms with Crippen LogP contribution < -0.4 is 0 Å².